The highest BCUT2D eigenvalue weighted by Gasteiger charge is 2.20. The van der Waals surface area contributed by atoms with Crippen LogP contribution in [0.25, 0.3) is 0 Å². The van der Waals surface area contributed by atoms with Gasteiger partial charge in [0.15, 0.2) is 0 Å². The maximum atomic E-state index is 12.3. The van der Waals surface area contributed by atoms with Gasteiger partial charge < -0.3 is 15.0 Å². The van der Waals surface area contributed by atoms with Crippen LogP contribution < -0.4 is 10.2 Å². The molecule has 120 valence electrons. The molecule has 1 aromatic heterocycles. The molecule has 0 aromatic carbocycles. The lowest BCUT2D eigenvalue weighted by Crippen LogP contribution is -2.29. The molecule has 1 aliphatic heterocycles. The minimum Gasteiger partial charge on any atom is -0.466 e. The molecule has 22 heavy (non-hydrogen) atoms. The van der Waals surface area contributed by atoms with Gasteiger partial charge in [0.1, 0.15) is 5.82 Å². The molecule has 0 spiro atoms. The molecule has 0 aliphatic carbocycles. The molecule has 6 heteroatoms. The molecular weight excluding hydrogens is 282 g/mol. The van der Waals surface area contributed by atoms with Crippen LogP contribution in [0.5, 0.6) is 0 Å². The molecule has 1 saturated heterocycles. The molecule has 0 radical (unpaired) electrons. The van der Waals surface area contributed by atoms with Gasteiger partial charge in [0.2, 0.25) is 0 Å². The van der Waals surface area contributed by atoms with E-state index in [4.69, 9.17) is 4.74 Å². The number of rotatable bonds is 7. The van der Waals surface area contributed by atoms with Crippen molar-refractivity contribution >= 4 is 17.7 Å². The summed E-state index contributed by atoms with van der Waals surface area (Å²) in [7, 11) is 0. The number of anilines is 1. The summed E-state index contributed by atoms with van der Waals surface area (Å²) < 4.78 is 4.85. The van der Waals surface area contributed by atoms with Crippen molar-refractivity contribution < 1.29 is 14.3 Å². The summed E-state index contributed by atoms with van der Waals surface area (Å²) in [5.74, 6) is 0.387. The number of esters is 1. The summed E-state index contributed by atoms with van der Waals surface area (Å²) >= 11 is 0. The Morgan fingerprint density at radius 1 is 1.36 bits per heavy atom. The molecule has 1 aliphatic rings. The third-order valence-corrected chi connectivity index (χ3v) is 3.59. The Bertz CT molecular complexity index is 513. The van der Waals surface area contributed by atoms with Crippen molar-refractivity contribution in [2.75, 3.05) is 31.1 Å². The van der Waals surface area contributed by atoms with Crippen molar-refractivity contribution in [3.05, 3.63) is 23.9 Å². The third kappa shape index (κ3) is 4.44. The van der Waals surface area contributed by atoms with Gasteiger partial charge in [0.05, 0.1) is 12.2 Å². The van der Waals surface area contributed by atoms with Crippen LogP contribution in [-0.2, 0) is 9.53 Å². The van der Waals surface area contributed by atoms with E-state index in [2.05, 4.69) is 15.2 Å². The van der Waals surface area contributed by atoms with Crippen molar-refractivity contribution in [3.63, 3.8) is 0 Å². The smallest absolute Gasteiger partial charge is 0.305 e. The molecule has 0 atom stereocenters. The van der Waals surface area contributed by atoms with Crippen LogP contribution in [0, 0.1) is 0 Å². The molecule has 1 N–H and O–H groups in total. The number of aromatic nitrogens is 1. The number of amides is 1. The van der Waals surface area contributed by atoms with E-state index in [0.29, 0.717) is 31.6 Å². The first-order valence-corrected chi connectivity index (χ1v) is 7.86. The number of pyridine rings is 1. The quantitative estimate of drug-likeness (QED) is 0.614. The summed E-state index contributed by atoms with van der Waals surface area (Å²) in [4.78, 5) is 30.0. The molecule has 0 saturated carbocycles. The number of ether oxygens (including phenoxy) is 1. The Labute approximate surface area is 130 Å². The lowest BCUT2D eigenvalue weighted by Gasteiger charge is -2.19. The van der Waals surface area contributed by atoms with Crippen LogP contribution in [-0.4, -0.2) is 43.1 Å². The molecule has 0 unspecified atom stereocenters. The maximum absolute atomic E-state index is 12.3. The van der Waals surface area contributed by atoms with Crippen molar-refractivity contribution in [3.8, 4) is 0 Å². The summed E-state index contributed by atoms with van der Waals surface area (Å²) in [5, 5.41) is 2.85. The number of carbonyl (C=O) groups excluding carboxylic acids is 2. The zero-order chi connectivity index (χ0) is 15.8. The first kappa shape index (κ1) is 16.3. The SMILES string of the molecule is CCOC(=O)CCCNC(=O)c1cccnc1N1CCCC1. The van der Waals surface area contributed by atoms with E-state index in [1.54, 1.807) is 25.3 Å². The highest BCUT2D eigenvalue weighted by atomic mass is 16.5. The number of carbonyl (C=O) groups is 2. The van der Waals surface area contributed by atoms with Crippen LogP contribution in [0.15, 0.2) is 18.3 Å². The lowest BCUT2D eigenvalue weighted by molar-refractivity contribution is -0.143. The Kier molecular flexibility index (Phi) is 6.18. The number of hydrogen-bond donors (Lipinski definition) is 1. The fraction of sp³-hybridized carbons (Fsp3) is 0.562. The van der Waals surface area contributed by atoms with Gasteiger partial charge in [-0.05, 0) is 38.3 Å². The van der Waals surface area contributed by atoms with Crippen molar-refractivity contribution in [1.29, 1.82) is 0 Å². The van der Waals surface area contributed by atoms with E-state index in [-0.39, 0.29) is 11.9 Å². The Morgan fingerprint density at radius 3 is 2.86 bits per heavy atom. The van der Waals surface area contributed by atoms with Crippen molar-refractivity contribution in [2.24, 2.45) is 0 Å². The van der Waals surface area contributed by atoms with E-state index in [0.717, 1.165) is 31.7 Å². The van der Waals surface area contributed by atoms with Gasteiger partial charge in [0.25, 0.3) is 5.91 Å². The first-order chi connectivity index (χ1) is 10.7. The predicted octanol–water partition coefficient (Wildman–Crippen LogP) is 1.75. The zero-order valence-electron chi connectivity index (χ0n) is 13.0. The van der Waals surface area contributed by atoms with Crippen molar-refractivity contribution in [2.45, 2.75) is 32.6 Å². The average Bonchev–Trinajstić information content (AvgIpc) is 3.06. The maximum Gasteiger partial charge on any atom is 0.305 e. The number of nitrogens with zero attached hydrogens (tertiary/aromatic N) is 2. The molecule has 6 nitrogen and oxygen atoms in total. The normalized spacial score (nSPS) is 14.0. The fourth-order valence-corrected chi connectivity index (χ4v) is 2.52. The largest absolute Gasteiger partial charge is 0.466 e. The zero-order valence-corrected chi connectivity index (χ0v) is 13.0. The van der Waals surface area contributed by atoms with E-state index < -0.39 is 0 Å². The van der Waals surface area contributed by atoms with E-state index >= 15 is 0 Å². The standard InChI is InChI=1S/C16H23N3O3/c1-2-22-14(20)8-6-10-18-16(21)13-7-5-9-17-15(13)19-11-3-4-12-19/h5,7,9H,2-4,6,8,10-12H2,1H3,(H,18,21). The van der Waals surface area contributed by atoms with Crippen LogP contribution >= 0.6 is 0 Å². The average molecular weight is 305 g/mol. The van der Waals surface area contributed by atoms with Crippen LogP contribution in [0.4, 0.5) is 5.82 Å². The minimum absolute atomic E-state index is 0.140. The molecule has 2 rings (SSSR count). The monoisotopic (exact) mass is 305 g/mol. The molecule has 1 aromatic rings. The van der Waals surface area contributed by atoms with Gasteiger partial charge in [0, 0.05) is 32.3 Å². The van der Waals surface area contributed by atoms with Gasteiger partial charge in [-0.3, -0.25) is 9.59 Å². The summed E-state index contributed by atoms with van der Waals surface area (Å²) in [5.41, 5.74) is 0.598. The lowest BCUT2D eigenvalue weighted by atomic mass is 10.2. The molecule has 0 bridgehead atoms. The molecule has 2 heterocycles. The van der Waals surface area contributed by atoms with Gasteiger partial charge in [-0.1, -0.05) is 0 Å². The summed E-state index contributed by atoms with van der Waals surface area (Å²) in [6.07, 6.45) is 4.88. The number of nitrogens with one attached hydrogen (secondary N) is 1. The Morgan fingerprint density at radius 2 is 2.14 bits per heavy atom. The van der Waals surface area contributed by atoms with Crippen LogP contribution in [0.2, 0.25) is 0 Å². The molecule has 1 amide bonds. The summed E-state index contributed by atoms with van der Waals surface area (Å²) in [6.45, 7) is 4.51. The molecule has 1 fully saturated rings. The van der Waals surface area contributed by atoms with E-state index in [1.807, 2.05) is 0 Å². The third-order valence-electron chi connectivity index (χ3n) is 3.59. The molecular formula is C16H23N3O3. The van der Waals surface area contributed by atoms with Crippen LogP contribution in [0.3, 0.4) is 0 Å². The van der Waals surface area contributed by atoms with Gasteiger partial charge >= 0.3 is 5.97 Å². The fourth-order valence-electron chi connectivity index (χ4n) is 2.52. The van der Waals surface area contributed by atoms with Gasteiger partial charge in [-0.25, -0.2) is 4.98 Å². The summed E-state index contributed by atoms with van der Waals surface area (Å²) in [6, 6.07) is 3.56. The second-order valence-electron chi connectivity index (χ2n) is 5.23. The predicted molar refractivity (Wildman–Crippen MR) is 83.9 cm³/mol. The van der Waals surface area contributed by atoms with Crippen LogP contribution in [0.1, 0.15) is 43.0 Å². The first-order valence-electron chi connectivity index (χ1n) is 7.86. The van der Waals surface area contributed by atoms with Gasteiger partial charge in [-0.15, -0.1) is 0 Å². The Balaban J connectivity index is 1.86. The Hall–Kier alpha value is -2.11. The highest BCUT2D eigenvalue weighted by Crippen LogP contribution is 2.21. The van der Waals surface area contributed by atoms with E-state index in [1.165, 1.54) is 0 Å². The van der Waals surface area contributed by atoms with E-state index in [9.17, 15) is 9.59 Å². The number of hydrogen-bond acceptors (Lipinski definition) is 5. The van der Waals surface area contributed by atoms with Crippen molar-refractivity contribution in [1.82, 2.24) is 10.3 Å². The minimum atomic E-state index is -0.226. The highest BCUT2D eigenvalue weighted by molar-refractivity contribution is 5.98. The second-order valence-corrected chi connectivity index (χ2v) is 5.23. The topological polar surface area (TPSA) is 71.5 Å². The van der Waals surface area contributed by atoms with Gasteiger partial charge in [-0.2, -0.15) is 0 Å². The second kappa shape index (κ2) is 8.36.